The monoisotopic (exact) mass is 354 g/mol. The quantitative estimate of drug-likeness (QED) is 0.665. The normalized spacial score (nSPS) is 19.6. The summed E-state index contributed by atoms with van der Waals surface area (Å²) in [5.41, 5.74) is 1.97. The fourth-order valence-corrected chi connectivity index (χ4v) is 3.15. The van der Waals surface area contributed by atoms with Crippen LogP contribution in [0.4, 0.5) is 0 Å². The van der Waals surface area contributed by atoms with Gasteiger partial charge >= 0.3 is 0 Å². The van der Waals surface area contributed by atoms with Crippen molar-refractivity contribution in [3.05, 3.63) is 33.5 Å². The molecule has 0 bridgehead atoms. The minimum Gasteiger partial charge on any atom is -0.350 e. The van der Waals surface area contributed by atoms with Crippen LogP contribution in [0.5, 0.6) is 0 Å². The third-order valence-corrected chi connectivity index (χ3v) is 4.26. The number of halogens is 1. The maximum Gasteiger partial charge on any atom is 0.181 e. The summed E-state index contributed by atoms with van der Waals surface area (Å²) in [6.07, 6.45) is 4.01. The smallest absolute Gasteiger partial charge is 0.181 e. The van der Waals surface area contributed by atoms with Crippen molar-refractivity contribution >= 4 is 39.3 Å². The molecule has 1 atom stereocenters. The average Bonchev–Trinajstić information content (AvgIpc) is 2.97. The lowest BCUT2D eigenvalue weighted by Crippen LogP contribution is -2.30. The second-order valence-corrected chi connectivity index (χ2v) is 6.07. The second kappa shape index (κ2) is 4.66. The van der Waals surface area contributed by atoms with Crippen molar-refractivity contribution in [1.29, 1.82) is 0 Å². The van der Waals surface area contributed by atoms with Crippen molar-refractivity contribution < 1.29 is 4.79 Å². The second-order valence-electron chi connectivity index (χ2n) is 4.83. The van der Waals surface area contributed by atoms with Crippen molar-refractivity contribution in [2.75, 3.05) is 6.54 Å². The Labute approximate surface area is 120 Å². The van der Waals surface area contributed by atoms with Crippen LogP contribution in [0.3, 0.4) is 0 Å². The van der Waals surface area contributed by atoms with E-state index in [1.807, 2.05) is 17.8 Å². The summed E-state index contributed by atoms with van der Waals surface area (Å²) >= 11 is 2.29. The van der Waals surface area contributed by atoms with Crippen molar-refractivity contribution in [1.82, 2.24) is 9.88 Å². The molecule has 2 aromatic rings. The third kappa shape index (κ3) is 1.97. The SMILES string of the molecule is Cn1cc(C(=O)C2CCCN2)c2cc(I)ccc21. The Hall–Kier alpha value is -0.880. The van der Waals surface area contributed by atoms with E-state index in [9.17, 15) is 4.79 Å². The summed E-state index contributed by atoms with van der Waals surface area (Å²) < 4.78 is 3.20. The summed E-state index contributed by atoms with van der Waals surface area (Å²) in [4.78, 5) is 12.5. The number of fused-ring (bicyclic) bond motifs is 1. The molecule has 4 heteroatoms. The van der Waals surface area contributed by atoms with Gasteiger partial charge in [0.1, 0.15) is 0 Å². The predicted octanol–water partition coefficient (Wildman–Crippen LogP) is 2.72. The van der Waals surface area contributed by atoms with Gasteiger partial charge in [-0.1, -0.05) is 0 Å². The summed E-state index contributed by atoms with van der Waals surface area (Å²) in [5.74, 6) is 0.236. The van der Waals surface area contributed by atoms with Crippen LogP contribution in [0.1, 0.15) is 23.2 Å². The molecule has 1 aromatic heterocycles. The van der Waals surface area contributed by atoms with E-state index in [0.717, 1.165) is 35.9 Å². The number of nitrogens with one attached hydrogen (secondary N) is 1. The first-order valence-corrected chi connectivity index (χ1v) is 7.27. The molecule has 1 aromatic carbocycles. The topological polar surface area (TPSA) is 34.0 Å². The Bertz CT molecular complexity index is 612. The van der Waals surface area contributed by atoms with E-state index < -0.39 is 0 Å². The number of Topliss-reactive ketones (excluding diaryl/α,β-unsaturated/α-hetero) is 1. The molecule has 2 heterocycles. The number of aromatic nitrogens is 1. The Morgan fingerprint density at radius 3 is 3.06 bits per heavy atom. The Kier molecular flexibility index (Phi) is 3.15. The molecule has 0 spiro atoms. The van der Waals surface area contributed by atoms with Gasteiger partial charge in [0.15, 0.2) is 5.78 Å². The Morgan fingerprint density at radius 2 is 2.33 bits per heavy atom. The van der Waals surface area contributed by atoms with E-state index in [1.54, 1.807) is 0 Å². The Balaban J connectivity index is 2.10. The molecule has 1 unspecified atom stereocenters. The van der Waals surface area contributed by atoms with Gasteiger partial charge in [-0.15, -0.1) is 0 Å². The van der Waals surface area contributed by atoms with Gasteiger partial charge in [-0.05, 0) is 60.2 Å². The molecule has 3 nitrogen and oxygen atoms in total. The molecule has 0 aliphatic carbocycles. The van der Waals surface area contributed by atoms with Gasteiger partial charge in [0, 0.05) is 33.3 Å². The van der Waals surface area contributed by atoms with Gasteiger partial charge in [-0.2, -0.15) is 0 Å². The van der Waals surface area contributed by atoms with Crippen LogP contribution in [-0.2, 0) is 7.05 Å². The zero-order valence-electron chi connectivity index (χ0n) is 10.2. The number of nitrogens with zero attached hydrogens (tertiary/aromatic N) is 1. The maximum absolute atomic E-state index is 12.5. The number of hydrogen-bond donors (Lipinski definition) is 1. The number of carbonyl (C=O) groups excluding carboxylic acids is 1. The molecule has 0 radical (unpaired) electrons. The first-order chi connectivity index (χ1) is 8.66. The molecule has 1 aliphatic rings. The minimum atomic E-state index is 0.00784. The van der Waals surface area contributed by atoms with Crippen LogP contribution in [0, 0.1) is 3.57 Å². The summed E-state index contributed by atoms with van der Waals surface area (Å²) in [5, 5.41) is 4.36. The molecule has 1 N–H and O–H groups in total. The lowest BCUT2D eigenvalue weighted by atomic mass is 10.0. The van der Waals surface area contributed by atoms with E-state index in [4.69, 9.17) is 0 Å². The number of carbonyl (C=O) groups is 1. The van der Waals surface area contributed by atoms with Crippen LogP contribution in [0.25, 0.3) is 10.9 Å². The van der Waals surface area contributed by atoms with Crippen molar-refractivity contribution in [3.63, 3.8) is 0 Å². The fraction of sp³-hybridized carbons (Fsp3) is 0.357. The highest BCUT2D eigenvalue weighted by molar-refractivity contribution is 14.1. The molecule has 1 fully saturated rings. The van der Waals surface area contributed by atoms with E-state index in [-0.39, 0.29) is 11.8 Å². The van der Waals surface area contributed by atoms with Crippen LogP contribution >= 0.6 is 22.6 Å². The average molecular weight is 354 g/mol. The molecule has 1 aliphatic heterocycles. The van der Waals surface area contributed by atoms with Crippen LogP contribution < -0.4 is 5.32 Å². The fourth-order valence-electron chi connectivity index (χ4n) is 2.66. The van der Waals surface area contributed by atoms with E-state index >= 15 is 0 Å². The third-order valence-electron chi connectivity index (χ3n) is 3.59. The maximum atomic E-state index is 12.5. The van der Waals surface area contributed by atoms with Crippen molar-refractivity contribution in [2.24, 2.45) is 7.05 Å². The molecule has 0 saturated carbocycles. The van der Waals surface area contributed by atoms with E-state index in [1.165, 1.54) is 3.57 Å². The van der Waals surface area contributed by atoms with Gasteiger partial charge in [-0.25, -0.2) is 0 Å². The standard InChI is InChI=1S/C14H15IN2O/c1-17-8-11(14(18)12-3-2-6-16-12)10-7-9(15)4-5-13(10)17/h4-5,7-8,12,16H,2-3,6H2,1H3. The molecule has 94 valence electrons. The van der Waals surface area contributed by atoms with Crippen LogP contribution in [-0.4, -0.2) is 22.9 Å². The molecular weight excluding hydrogens is 339 g/mol. The number of hydrogen-bond acceptors (Lipinski definition) is 2. The predicted molar refractivity (Wildman–Crippen MR) is 81.0 cm³/mol. The van der Waals surface area contributed by atoms with Gasteiger partial charge in [0.05, 0.1) is 6.04 Å². The number of ketones is 1. The number of rotatable bonds is 2. The highest BCUT2D eigenvalue weighted by Gasteiger charge is 2.25. The van der Waals surface area contributed by atoms with E-state index in [0.29, 0.717) is 0 Å². The first kappa shape index (κ1) is 12.2. The molecule has 0 amide bonds. The zero-order valence-corrected chi connectivity index (χ0v) is 12.4. The molecule has 18 heavy (non-hydrogen) atoms. The summed E-state index contributed by atoms with van der Waals surface area (Å²) in [6, 6.07) is 6.26. The first-order valence-electron chi connectivity index (χ1n) is 6.19. The molecule has 1 saturated heterocycles. The van der Waals surface area contributed by atoms with Crippen LogP contribution in [0.15, 0.2) is 24.4 Å². The van der Waals surface area contributed by atoms with E-state index in [2.05, 4.69) is 46.1 Å². The van der Waals surface area contributed by atoms with Gasteiger partial charge in [0.25, 0.3) is 0 Å². The summed E-state index contributed by atoms with van der Waals surface area (Å²) in [6.45, 7) is 0.957. The highest BCUT2D eigenvalue weighted by atomic mass is 127. The van der Waals surface area contributed by atoms with Gasteiger partial charge < -0.3 is 9.88 Å². The molecule has 3 rings (SSSR count). The largest absolute Gasteiger partial charge is 0.350 e. The van der Waals surface area contributed by atoms with Crippen molar-refractivity contribution in [3.8, 4) is 0 Å². The van der Waals surface area contributed by atoms with Gasteiger partial charge in [-0.3, -0.25) is 4.79 Å². The van der Waals surface area contributed by atoms with Crippen molar-refractivity contribution in [2.45, 2.75) is 18.9 Å². The summed E-state index contributed by atoms with van der Waals surface area (Å²) in [7, 11) is 1.99. The molecular formula is C14H15IN2O. The Morgan fingerprint density at radius 1 is 1.50 bits per heavy atom. The lowest BCUT2D eigenvalue weighted by molar-refractivity contribution is 0.0954. The zero-order chi connectivity index (χ0) is 12.7. The highest BCUT2D eigenvalue weighted by Crippen LogP contribution is 2.25. The minimum absolute atomic E-state index is 0.00784. The number of benzene rings is 1. The van der Waals surface area contributed by atoms with Crippen LogP contribution in [0.2, 0.25) is 0 Å². The number of aryl methyl sites for hydroxylation is 1. The van der Waals surface area contributed by atoms with Gasteiger partial charge in [0.2, 0.25) is 0 Å². The lowest BCUT2D eigenvalue weighted by Gasteiger charge is -2.07.